The molecule has 0 aliphatic heterocycles. The molecule has 0 bridgehead atoms. The van der Waals surface area contributed by atoms with Crippen molar-refractivity contribution >= 4 is 28.5 Å². The highest BCUT2D eigenvalue weighted by molar-refractivity contribution is 6.10. The van der Waals surface area contributed by atoms with Crippen molar-refractivity contribution in [1.29, 1.82) is 0 Å². The zero-order valence-corrected chi connectivity index (χ0v) is 19.1. The molecule has 0 spiro atoms. The fourth-order valence-corrected chi connectivity index (χ4v) is 4.85. The smallest absolute Gasteiger partial charge is 0.258 e. The van der Waals surface area contributed by atoms with Crippen molar-refractivity contribution in [1.82, 2.24) is 4.90 Å². The lowest BCUT2D eigenvalue weighted by atomic mass is 10.0. The minimum atomic E-state index is -0.0286. The molecule has 5 rings (SSSR count). The molecule has 1 amide bonds. The number of halogens is 1. The summed E-state index contributed by atoms with van der Waals surface area (Å²) in [5.74, 6) is 1.13. The second-order valence-corrected chi connectivity index (χ2v) is 8.50. The minimum Gasteiger partial charge on any atom is -0.496 e. The van der Waals surface area contributed by atoms with Gasteiger partial charge in [-0.15, -0.1) is 0 Å². The Morgan fingerprint density at radius 1 is 0.909 bits per heavy atom. The molecule has 0 unspecified atom stereocenters. The molecule has 0 radical (unpaired) electrons. The van der Waals surface area contributed by atoms with E-state index in [0.29, 0.717) is 23.6 Å². The summed E-state index contributed by atoms with van der Waals surface area (Å²) in [5, 5.41) is 1.91. The van der Waals surface area contributed by atoms with E-state index in [0.717, 1.165) is 29.2 Å². The van der Waals surface area contributed by atoms with Gasteiger partial charge in [-0.1, -0.05) is 66.7 Å². The maximum absolute atomic E-state index is 14.2. The van der Waals surface area contributed by atoms with Crippen LogP contribution in [0.2, 0.25) is 0 Å². The van der Waals surface area contributed by atoms with E-state index < -0.39 is 0 Å². The summed E-state index contributed by atoms with van der Waals surface area (Å²) in [6.45, 7) is 0.479. The molecule has 0 aromatic heterocycles. The van der Waals surface area contributed by atoms with Gasteiger partial charge in [0.1, 0.15) is 23.4 Å². The summed E-state index contributed by atoms with van der Waals surface area (Å²) >= 11 is 5.48. The van der Waals surface area contributed by atoms with Crippen molar-refractivity contribution < 1.29 is 13.8 Å². The molecule has 4 aromatic carbocycles. The Kier molecular flexibility index (Phi) is 5.93. The largest absolute Gasteiger partial charge is 0.496 e. The molecule has 166 valence electrons. The average Bonchev–Trinajstić information content (AvgIpc) is 3.30. The quantitative estimate of drug-likeness (QED) is 0.346. The standard InChI is InChI=1S/C28H24ClNO3/c1-32-26-15-12-20-6-4-5-9-25(20)27(26)28(31)30(18-19-10-13-24(33-29)14-11-19)23-16-21-7-2-3-8-22(21)17-23/h2-15,23H,16-18H2,1H3. The van der Waals surface area contributed by atoms with Gasteiger partial charge in [-0.05, 0) is 58.5 Å². The number of benzene rings is 4. The number of fused-ring (bicyclic) bond motifs is 2. The van der Waals surface area contributed by atoms with Gasteiger partial charge in [-0.25, -0.2) is 0 Å². The molecule has 0 atom stereocenters. The molecule has 0 heterocycles. The Morgan fingerprint density at radius 2 is 1.58 bits per heavy atom. The van der Waals surface area contributed by atoms with Crippen LogP contribution in [0.4, 0.5) is 0 Å². The molecule has 4 nitrogen and oxygen atoms in total. The molecular weight excluding hydrogens is 434 g/mol. The van der Waals surface area contributed by atoms with Crippen LogP contribution in [0.15, 0.2) is 84.9 Å². The van der Waals surface area contributed by atoms with E-state index in [9.17, 15) is 4.79 Å². The van der Waals surface area contributed by atoms with Crippen molar-refractivity contribution in [3.8, 4) is 11.5 Å². The number of carbonyl (C=O) groups is 1. The van der Waals surface area contributed by atoms with Gasteiger partial charge in [-0.3, -0.25) is 4.79 Å². The first-order valence-corrected chi connectivity index (χ1v) is 11.3. The highest BCUT2D eigenvalue weighted by Gasteiger charge is 2.32. The number of nitrogens with zero attached hydrogens (tertiary/aromatic N) is 1. The number of rotatable bonds is 6. The monoisotopic (exact) mass is 457 g/mol. The van der Waals surface area contributed by atoms with Gasteiger partial charge in [0.15, 0.2) is 0 Å². The van der Waals surface area contributed by atoms with Crippen molar-refractivity contribution in [2.45, 2.75) is 25.4 Å². The lowest BCUT2D eigenvalue weighted by Gasteiger charge is -2.30. The molecule has 0 fully saturated rings. The van der Waals surface area contributed by atoms with Gasteiger partial charge in [0, 0.05) is 12.6 Å². The van der Waals surface area contributed by atoms with E-state index >= 15 is 0 Å². The van der Waals surface area contributed by atoms with E-state index in [1.165, 1.54) is 11.1 Å². The second kappa shape index (κ2) is 9.16. The zero-order valence-electron chi connectivity index (χ0n) is 18.3. The summed E-state index contributed by atoms with van der Waals surface area (Å²) in [5.41, 5.74) is 4.22. The number of amides is 1. The summed E-state index contributed by atoms with van der Waals surface area (Å²) in [6, 6.07) is 27.8. The van der Waals surface area contributed by atoms with E-state index in [2.05, 4.69) is 24.3 Å². The third-order valence-electron chi connectivity index (χ3n) is 6.42. The third kappa shape index (κ3) is 4.14. The molecule has 5 heteroatoms. The third-order valence-corrected chi connectivity index (χ3v) is 6.60. The van der Waals surface area contributed by atoms with E-state index in [1.54, 1.807) is 7.11 Å². The lowest BCUT2D eigenvalue weighted by molar-refractivity contribution is 0.0666. The van der Waals surface area contributed by atoms with Crippen LogP contribution in [-0.4, -0.2) is 24.0 Å². The van der Waals surface area contributed by atoms with Crippen LogP contribution in [0.5, 0.6) is 11.5 Å². The lowest BCUT2D eigenvalue weighted by Crippen LogP contribution is -2.40. The number of methoxy groups -OCH3 is 1. The van der Waals surface area contributed by atoms with Crippen LogP contribution >= 0.6 is 11.9 Å². The first-order chi connectivity index (χ1) is 16.2. The second-order valence-electron chi connectivity index (χ2n) is 8.35. The summed E-state index contributed by atoms with van der Waals surface area (Å²) in [6.07, 6.45) is 1.66. The predicted octanol–water partition coefficient (Wildman–Crippen LogP) is 6.19. The highest BCUT2D eigenvalue weighted by atomic mass is 35.5. The highest BCUT2D eigenvalue weighted by Crippen LogP contribution is 2.33. The van der Waals surface area contributed by atoms with Gasteiger partial charge in [0.25, 0.3) is 5.91 Å². The van der Waals surface area contributed by atoms with E-state index in [4.69, 9.17) is 20.9 Å². The van der Waals surface area contributed by atoms with Crippen molar-refractivity contribution in [2.75, 3.05) is 7.11 Å². The van der Waals surface area contributed by atoms with Gasteiger partial charge < -0.3 is 13.9 Å². The number of ether oxygens (including phenoxy) is 1. The maximum atomic E-state index is 14.2. The Morgan fingerprint density at radius 3 is 2.24 bits per heavy atom. The fraction of sp³-hybridized carbons (Fsp3) is 0.179. The molecule has 1 aliphatic carbocycles. The maximum Gasteiger partial charge on any atom is 0.258 e. The Hall–Kier alpha value is -3.50. The molecule has 33 heavy (non-hydrogen) atoms. The first-order valence-electron chi connectivity index (χ1n) is 11.0. The number of carbonyl (C=O) groups excluding carboxylic acids is 1. The predicted molar refractivity (Wildman–Crippen MR) is 131 cm³/mol. The molecule has 1 aliphatic rings. The summed E-state index contributed by atoms with van der Waals surface area (Å²) in [7, 11) is 1.61. The number of hydrogen-bond donors (Lipinski definition) is 0. The first kappa shape index (κ1) is 21.4. The van der Waals surface area contributed by atoms with E-state index in [1.807, 2.05) is 65.6 Å². The van der Waals surface area contributed by atoms with Crippen molar-refractivity contribution in [2.24, 2.45) is 0 Å². The normalized spacial score (nSPS) is 13.0. The van der Waals surface area contributed by atoms with Crippen LogP contribution in [0.1, 0.15) is 27.0 Å². The Labute approximate surface area is 198 Å². The SMILES string of the molecule is COc1ccc2ccccc2c1C(=O)N(Cc1ccc(OCl)cc1)C1Cc2ccccc2C1. The summed E-state index contributed by atoms with van der Waals surface area (Å²) in [4.78, 5) is 16.2. The molecule has 0 saturated heterocycles. The molecule has 0 saturated carbocycles. The minimum absolute atomic E-state index is 0.0286. The van der Waals surface area contributed by atoms with Crippen LogP contribution in [0, 0.1) is 0 Å². The topological polar surface area (TPSA) is 38.8 Å². The van der Waals surface area contributed by atoms with Gasteiger partial charge in [-0.2, -0.15) is 0 Å². The van der Waals surface area contributed by atoms with Crippen molar-refractivity contribution in [3.05, 3.63) is 107 Å². The average molecular weight is 458 g/mol. The molecule has 4 aromatic rings. The van der Waals surface area contributed by atoms with Gasteiger partial charge in [0.05, 0.1) is 12.7 Å². The summed E-state index contributed by atoms with van der Waals surface area (Å²) < 4.78 is 10.4. The van der Waals surface area contributed by atoms with Crippen LogP contribution < -0.4 is 9.03 Å². The van der Waals surface area contributed by atoms with E-state index in [-0.39, 0.29) is 11.9 Å². The van der Waals surface area contributed by atoms with Gasteiger partial charge in [0.2, 0.25) is 0 Å². The zero-order chi connectivity index (χ0) is 22.8. The van der Waals surface area contributed by atoms with Crippen LogP contribution in [0.3, 0.4) is 0 Å². The molecule has 0 N–H and O–H groups in total. The molecular formula is C28H24ClNO3. The number of hydrogen-bond acceptors (Lipinski definition) is 3. The fourth-order valence-electron chi connectivity index (χ4n) is 4.75. The van der Waals surface area contributed by atoms with Crippen molar-refractivity contribution in [3.63, 3.8) is 0 Å². The van der Waals surface area contributed by atoms with Crippen LogP contribution in [-0.2, 0) is 19.4 Å². The van der Waals surface area contributed by atoms with Crippen LogP contribution in [0.25, 0.3) is 10.8 Å². The van der Waals surface area contributed by atoms with Gasteiger partial charge >= 0.3 is 0 Å². The Bertz CT molecular complexity index is 1280. The Balaban J connectivity index is 1.57.